The third kappa shape index (κ3) is 6.28. The Balaban J connectivity index is 1.50. The van der Waals surface area contributed by atoms with Crippen LogP contribution in [-0.4, -0.2) is 64.4 Å². The normalized spacial score (nSPS) is 15.1. The van der Waals surface area contributed by atoms with Gasteiger partial charge in [0, 0.05) is 32.4 Å². The number of hydrogen-bond donors (Lipinski definition) is 1. The Morgan fingerprint density at radius 3 is 2.16 bits per heavy atom. The van der Waals surface area contributed by atoms with Gasteiger partial charge in [0.1, 0.15) is 5.75 Å². The van der Waals surface area contributed by atoms with Gasteiger partial charge in [0.15, 0.2) is 6.61 Å². The number of amides is 1. The molecule has 11 heteroatoms. The molecule has 1 heterocycles. The van der Waals surface area contributed by atoms with Crippen molar-refractivity contribution >= 4 is 31.6 Å². The van der Waals surface area contributed by atoms with E-state index < -0.39 is 20.0 Å². The van der Waals surface area contributed by atoms with E-state index in [-0.39, 0.29) is 24.0 Å². The van der Waals surface area contributed by atoms with Crippen LogP contribution in [0.3, 0.4) is 0 Å². The van der Waals surface area contributed by atoms with Crippen LogP contribution in [0.2, 0.25) is 0 Å². The number of sulfonamides is 2. The topological polar surface area (TPSA) is 113 Å². The third-order valence-corrected chi connectivity index (χ3v) is 8.28. The highest BCUT2D eigenvalue weighted by Gasteiger charge is 2.26. The molecule has 9 nitrogen and oxygen atoms in total. The third-order valence-electron chi connectivity index (χ3n) is 5.11. The van der Waals surface area contributed by atoms with Crippen molar-refractivity contribution in [2.75, 3.05) is 38.3 Å². The average Bonchev–Trinajstić information content (AvgIpc) is 3.29. The predicted octanol–water partition coefficient (Wildman–Crippen LogP) is 1.88. The maximum Gasteiger partial charge on any atom is 0.262 e. The number of benzene rings is 2. The molecule has 1 saturated heterocycles. The van der Waals surface area contributed by atoms with Crippen molar-refractivity contribution in [1.82, 2.24) is 8.61 Å². The van der Waals surface area contributed by atoms with Gasteiger partial charge in [-0.25, -0.2) is 21.1 Å². The summed E-state index contributed by atoms with van der Waals surface area (Å²) in [5.41, 5.74) is 1.26. The first-order chi connectivity index (χ1) is 15.1. The van der Waals surface area contributed by atoms with Crippen LogP contribution < -0.4 is 10.1 Å². The molecule has 0 radical (unpaired) electrons. The lowest BCUT2D eigenvalue weighted by atomic mass is 10.2. The number of anilines is 1. The first-order valence-electron chi connectivity index (χ1n) is 10.1. The van der Waals surface area contributed by atoms with E-state index in [0.717, 1.165) is 24.7 Å². The molecule has 1 aliphatic heterocycles. The zero-order chi connectivity index (χ0) is 23.4. The van der Waals surface area contributed by atoms with Crippen LogP contribution in [0, 0.1) is 0 Å². The van der Waals surface area contributed by atoms with Crippen LogP contribution in [0.15, 0.2) is 53.4 Å². The molecule has 0 unspecified atom stereocenters. The first kappa shape index (κ1) is 24.2. The summed E-state index contributed by atoms with van der Waals surface area (Å²) in [7, 11) is -5.26. The van der Waals surface area contributed by atoms with Gasteiger partial charge in [0.25, 0.3) is 5.91 Å². The minimum absolute atomic E-state index is 0.204. The maximum atomic E-state index is 12.5. The second kappa shape index (κ2) is 9.99. The number of ether oxygens (including phenoxy) is 1. The fraction of sp³-hybridized carbons (Fsp3) is 0.381. The van der Waals surface area contributed by atoms with Crippen molar-refractivity contribution in [3.05, 3.63) is 54.1 Å². The molecule has 1 aliphatic rings. The average molecular weight is 482 g/mol. The summed E-state index contributed by atoms with van der Waals surface area (Å²) >= 11 is 0. The van der Waals surface area contributed by atoms with Gasteiger partial charge >= 0.3 is 0 Å². The summed E-state index contributed by atoms with van der Waals surface area (Å²) < 4.78 is 56.2. The summed E-state index contributed by atoms with van der Waals surface area (Å²) in [5.74, 6) is 0.0824. The Morgan fingerprint density at radius 2 is 1.59 bits per heavy atom. The Kier molecular flexibility index (Phi) is 7.55. The Morgan fingerprint density at radius 1 is 1.00 bits per heavy atom. The van der Waals surface area contributed by atoms with E-state index in [4.69, 9.17) is 4.74 Å². The summed E-state index contributed by atoms with van der Waals surface area (Å²) in [6.45, 7) is 1.08. The standard InChI is InChI=1S/C21H27N3O6S2/c1-23(31(2,26)27)15-17-5-9-19(10-6-17)30-16-21(25)22-18-7-11-20(12-8-18)32(28,29)24-13-3-4-14-24/h5-12H,3-4,13-16H2,1-2H3,(H,22,25). The van der Waals surface area contributed by atoms with E-state index in [1.165, 1.54) is 27.8 Å². The summed E-state index contributed by atoms with van der Waals surface area (Å²) in [5, 5.41) is 2.67. The van der Waals surface area contributed by atoms with Crippen molar-refractivity contribution < 1.29 is 26.4 Å². The molecule has 0 saturated carbocycles. The Hall–Kier alpha value is -2.47. The van der Waals surface area contributed by atoms with E-state index in [2.05, 4.69) is 5.32 Å². The summed E-state index contributed by atoms with van der Waals surface area (Å²) in [6, 6.07) is 12.9. The monoisotopic (exact) mass is 481 g/mol. The molecular weight excluding hydrogens is 454 g/mol. The Labute approximate surface area is 189 Å². The first-order valence-corrected chi connectivity index (χ1v) is 13.4. The maximum absolute atomic E-state index is 12.5. The van der Waals surface area contributed by atoms with Crippen molar-refractivity contribution in [2.45, 2.75) is 24.3 Å². The zero-order valence-electron chi connectivity index (χ0n) is 18.0. The van der Waals surface area contributed by atoms with E-state index in [1.54, 1.807) is 36.4 Å². The molecule has 174 valence electrons. The molecule has 3 rings (SSSR count). The van der Waals surface area contributed by atoms with Gasteiger partial charge in [-0.1, -0.05) is 12.1 Å². The van der Waals surface area contributed by atoms with Gasteiger partial charge in [-0.15, -0.1) is 0 Å². The van der Waals surface area contributed by atoms with Gasteiger partial charge in [-0.05, 0) is 54.8 Å². The second-order valence-corrected chi connectivity index (χ2v) is 11.7. The molecule has 0 aliphatic carbocycles. The molecular formula is C21H27N3O6S2. The van der Waals surface area contributed by atoms with Crippen molar-refractivity contribution in [1.29, 1.82) is 0 Å². The largest absolute Gasteiger partial charge is 0.484 e. The molecule has 1 N–H and O–H groups in total. The molecule has 2 aromatic carbocycles. The van der Waals surface area contributed by atoms with Crippen LogP contribution in [-0.2, 0) is 31.4 Å². The number of nitrogens with one attached hydrogen (secondary N) is 1. The number of nitrogens with zero attached hydrogens (tertiary/aromatic N) is 2. The van der Waals surface area contributed by atoms with Crippen LogP contribution in [0.25, 0.3) is 0 Å². The quantitative estimate of drug-likeness (QED) is 0.585. The van der Waals surface area contributed by atoms with Crippen LogP contribution in [0.1, 0.15) is 18.4 Å². The van der Waals surface area contributed by atoms with Crippen LogP contribution in [0.4, 0.5) is 5.69 Å². The smallest absolute Gasteiger partial charge is 0.262 e. The van der Waals surface area contributed by atoms with Gasteiger partial charge in [-0.2, -0.15) is 4.31 Å². The van der Waals surface area contributed by atoms with Crippen molar-refractivity contribution in [3.63, 3.8) is 0 Å². The number of carbonyl (C=O) groups excluding carboxylic acids is 1. The van der Waals surface area contributed by atoms with E-state index in [9.17, 15) is 21.6 Å². The fourth-order valence-corrected chi connectivity index (χ4v) is 5.10. The minimum atomic E-state index is -3.49. The summed E-state index contributed by atoms with van der Waals surface area (Å²) in [4.78, 5) is 12.4. The predicted molar refractivity (Wildman–Crippen MR) is 121 cm³/mol. The van der Waals surface area contributed by atoms with E-state index in [0.29, 0.717) is 24.5 Å². The van der Waals surface area contributed by atoms with Crippen molar-refractivity contribution in [3.8, 4) is 5.75 Å². The highest BCUT2D eigenvalue weighted by molar-refractivity contribution is 7.89. The fourth-order valence-electron chi connectivity index (χ4n) is 3.20. The van der Waals surface area contributed by atoms with E-state index >= 15 is 0 Å². The zero-order valence-corrected chi connectivity index (χ0v) is 19.7. The molecule has 0 atom stereocenters. The molecule has 32 heavy (non-hydrogen) atoms. The lowest BCUT2D eigenvalue weighted by molar-refractivity contribution is -0.118. The van der Waals surface area contributed by atoms with Gasteiger partial charge in [0.05, 0.1) is 11.2 Å². The molecule has 2 aromatic rings. The lowest BCUT2D eigenvalue weighted by Gasteiger charge is -2.15. The lowest BCUT2D eigenvalue weighted by Crippen LogP contribution is -2.27. The summed E-state index contributed by atoms with van der Waals surface area (Å²) in [6.07, 6.45) is 2.88. The van der Waals surface area contributed by atoms with Gasteiger partial charge < -0.3 is 10.1 Å². The van der Waals surface area contributed by atoms with Crippen LogP contribution in [0.5, 0.6) is 5.75 Å². The molecule has 0 aromatic heterocycles. The molecule has 1 amide bonds. The number of rotatable bonds is 9. The highest BCUT2D eigenvalue weighted by Crippen LogP contribution is 2.22. The SMILES string of the molecule is CN(Cc1ccc(OCC(=O)Nc2ccc(S(=O)(=O)N3CCCC3)cc2)cc1)S(C)(=O)=O. The highest BCUT2D eigenvalue weighted by atomic mass is 32.2. The molecule has 0 spiro atoms. The second-order valence-electron chi connectivity index (χ2n) is 7.64. The number of carbonyl (C=O) groups is 1. The van der Waals surface area contributed by atoms with Gasteiger partial charge in [0.2, 0.25) is 20.0 Å². The van der Waals surface area contributed by atoms with Crippen LogP contribution >= 0.6 is 0 Å². The molecule has 0 bridgehead atoms. The van der Waals surface area contributed by atoms with Crippen molar-refractivity contribution in [2.24, 2.45) is 0 Å². The minimum Gasteiger partial charge on any atom is -0.484 e. The Bertz CT molecular complexity index is 1140. The molecule has 1 fully saturated rings. The number of hydrogen-bond acceptors (Lipinski definition) is 6. The van der Waals surface area contributed by atoms with E-state index in [1.807, 2.05) is 0 Å². The van der Waals surface area contributed by atoms with Gasteiger partial charge in [-0.3, -0.25) is 4.79 Å².